The molecular weight excluding hydrogens is 392 g/mol. The lowest BCUT2D eigenvalue weighted by atomic mass is 9.47. The van der Waals surface area contributed by atoms with E-state index in [9.17, 15) is 9.59 Å². The molecule has 0 aromatic heterocycles. The number of hydrogen-bond donors (Lipinski definition) is 1. The second-order valence-corrected chi connectivity index (χ2v) is 12.4. The minimum atomic E-state index is -0.642. The van der Waals surface area contributed by atoms with E-state index in [0.29, 0.717) is 5.92 Å². The molecule has 1 heterocycles. The molecule has 6 heteroatoms. The van der Waals surface area contributed by atoms with Gasteiger partial charge in [0.15, 0.2) is 6.23 Å². The van der Waals surface area contributed by atoms with E-state index in [2.05, 4.69) is 19.2 Å². The quantitative estimate of drug-likeness (QED) is 0.734. The van der Waals surface area contributed by atoms with E-state index in [4.69, 9.17) is 9.47 Å². The first-order chi connectivity index (χ1) is 14.8. The maximum atomic E-state index is 14.3. The highest BCUT2D eigenvalue weighted by atomic mass is 16.5. The van der Waals surface area contributed by atoms with Crippen LogP contribution >= 0.6 is 0 Å². The molecule has 1 aliphatic heterocycles. The third-order valence-electron chi connectivity index (χ3n) is 11.0. The van der Waals surface area contributed by atoms with Gasteiger partial charge in [-0.15, -0.1) is 0 Å². The van der Waals surface area contributed by atoms with Crippen LogP contribution in [0.25, 0.3) is 0 Å². The lowest BCUT2D eigenvalue weighted by Crippen LogP contribution is -2.60. The number of imide groups is 1. The Morgan fingerprint density at radius 3 is 2.13 bits per heavy atom. The van der Waals surface area contributed by atoms with Gasteiger partial charge < -0.3 is 14.8 Å². The monoisotopic (exact) mass is 430 g/mol. The van der Waals surface area contributed by atoms with Crippen LogP contribution in [0.2, 0.25) is 0 Å². The summed E-state index contributed by atoms with van der Waals surface area (Å²) >= 11 is 0. The van der Waals surface area contributed by atoms with Gasteiger partial charge in [-0.1, -0.05) is 13.8 Å². The fourth-order valence-electron chi connectivity index (χ4n) is 9.93. The minimum Gasteiger partial charge on any atom is -0.380 e. The molecular formula is C25H38N2O4. The molecule has 0 radical (unpaired) electrons. The van der Waals surface area contributed by atoms with Gasteiger partial charge >= 0.3 is 6.03 Å². The van der Waals surface area contributed by atoms with Gasteiger partial charge in [-0.25, -0.2) is 9.69 Å². The second-order valence-electron chi connectivity index (χ2n) is 12.4. The maximum Gasteiger partial charge on any atom is 0.326 e. The van der Waals surface area contributed by atoms with Crippen molar-refractivity contribution in [3.8, 4) is 0 Å². The third-order valence-corrected chi connectivity index (χ3v) is 11.0. The van der Waals surface area contributed by atoms with Gasteiger partial charge in [-0.3, -0.25) is 4.79 Å². The normalized spacial score (nSPS) is 51.5. The molecule has 31 heavy (non-hydrogen) atoms. The van der Waals surface area contributed by atoms with E-state index < -0.39 is 11.6 Å². The molecule has 6 saturated carbocycles. The van der Waals surface area contributed by atoms with Gasteiger partial charge in [0.25, 0.3) is 0 Å². The van der Waals surface area contributed by atoms with Crippen molar-refractivity contribution in [3.05, 3.63) is 0 Å². The predicted molar refractivity (Wildman–Crippen MR) is 115 cm³/mol. The van der Waals surface area contributed by atoms with Crippen molar-refractivity contribution in [1.82, 2.24) is 10.2 Å². The van der Waals surface area contributed by atoms with Crippen LogP contribution in [0.5, 0.6) is 0 Å². The number of hydrogen-bond acceptors (Lipinski definition) is 4. The molecule has 6 nitrogen and oxygen atoms in total. The average molecular weight is 431 g/mol. The summed E-state index contributed by atoms with van der Waals surface area (Å²) in [7, 11) is 3.38. The number of nitrogens with zero attached hydrogens (tertiary/aromatic N) is 1. The summed E-state index contributed by atoms with van der Waals surface area (Å²) in [5.41, 5.74) is -0.735. The van der Waals surface area contributed by atoms with Crippen molar-refractivity contribution >= 4 is 11.9 Å². The molecule has 0 aromatic rings. The molecule has 0 unspecified atom stereocenters. The summed E-state index contributed by atoms with van der Waals surface area (Å²) in [6, 6.07) is -0.352. The summed E-state index contributed by atoms with van der Waals surface area (Å²) in [5.74, 6) is 2.75. The standard InChI is InChI=1S/C25H38N2O4/c1-23(2)17-5-6-25(23,18(10-17)30-3)21(28)27-20(31-4)19(26-22(27)29)24-11-14-7-15(12-24)9-16(8-14)13-24/h14-20H,5-13H2,1-4H3,(H,26,29)/t14?,15?,16?,17-,18-,19+,20-,24?,25+/m1/s1. The number of rotatable bonds is 4. The smallest absolute Gasteiger partial charge is 0.326 e. The predicted octanol–water partition coefficient (Wildman–Crippen LogP) is 3.94. The molecule has 6 aliphatic carbocycles. The number of amides is 3. The molecule has 0 spiro atoms. The molecule has 1 saturated heterocycles. The van der Waals surface area contributed by atoms with Crippen LogP contribution in [0, 0.1) is 39.9 Å². The van der Waals surface area contributed by atoms with Crippen LogP contribution in [0.4, 0.5) is 4.79 Å². The topological polar surface area (TPSA) is 67.9 Å². The second kappa shape index (κ2) is 6.47. The fraction of sp³-hybridized carbons (Fsp3) is 0.920. The Labute approximate surface area is 185 Å². The number of nitrogens with one attached hydrogen (secondary N) is 1. The van der Waals surface area contributed by atoms with E-state index in [0.717, 1.165) is 37.0 Å². The number of fused-ring (bicyclic) bond motifs is 2. The largest absolute Gasteiger partial charge is 0.380 e. The minimum absolute atomic E-state index is 0.0686. The SMILES string of the molecule is CO[C@@H]1[C@@H](C23CC4CC(CC(C4)C2)C3)NC(=O)N1C(=O)[C@]12CC[C@H](C[C@H]1OC)C2(C)C. The maximum absolute atomic E-state index is 14.3. The molecule has 1 N–H and O–H groups in total. The highest BCUT2D eigenvalue weighted by Crippen LogP contribution is 2.68. The van der Waals surface area contributed by atoms with Gasteiger partial charge in [0.2, 0.25) is 5.91 Å². The van der Waals surface area contributed by atoms with Crippen molar-refractivity contribution < 1.29 is 19.1 Å². The van der Waals surface area contributed by atoms with Crippen LogP contribution < -0.4 is 5.32 Å². The first-order valence-corrected chi connectivity index (χ1v) is 12.5. The first-order valence-electron chi connectivity index (χ1n) is 12.5. The van der Waals surface area contributed by atoms with Crippen molar-refractivity contribution in [2.24, 2.45) is 39.9 Å². The highest BCUT2D eigenvalue weighted by molar-refractivity contribution is 6.00. The Kier molecular flexibility index (Phi) is 4.27. The Morgan fingerprint density at radius 2 is 1.61 bits per heavy atom. The summed E-state index contributed by atoms with van der Waals surface area (Å²) < 4.78 is 11.9. The zero-order valence-corrected chi connectivity index (χ0v) is 19.5. The summed E-state index contributed by atoms with van der Waals surface area (Å²) in [4.78, 5) is 29.1. The molecule has 3 amide bonds. The Hall–Kier alpha value is -1.14. The number of carbonyl (C=O) groups excluding carboxylic acids is 2. The van der Waals surface area contributed by atoms with Crippen LogP contribution in [0.15, 0.2) is 0 Å². The molecule has 0 aromatic carbocycles. The Balaban J connectivity index is 1.35. The van der Waals surface area contributed by atoms with Gasteiger partial charge in [0, 0.05) is 14.2 Å². The van der Waals surface area contributed by atoms with E-state index in [1.807, 2.05) is 0 Å². The summed E-state index contributed by atoms with van der Waals surface area (Å²) in [5, 5.41) is 3.28. The van der Waals surface area contributed by atoms with E-state index in [1.54, 1.807) is 14.2 Å². The van der Waals surface area contributed by atoms with Crippen molar-refractivity contribution in [2.75, 3.05) is 14.2 Å². The Bertz CT molecular complexity index is 774. The number of methoxy groups -OCH3 is 2. The molecule has 7 fully saturated rings. The third kappa shape index (κ3) is 2.41. The molecule has 5 atom stereocenters. The molecule has 7 aliphatic rings. The van der Waals surface area contributed by atoms with Crippen LogP contribution in [-0.2, 0) is 14.3 Å². The van der Waals surface area contributed by atoms with Crippen LogP contribution in [0.3, 0.4) is 0 Å². The first kappa shape index (κ1) is 20.5. The number of urea groups is 1. The molecule has 172 valence electrons. The zero-order valence-electron chi connectivity index (χ0n) is 19.5. The Morgan fingerprint density at radius 1 is 1.00 bits per heavy atom. The number of ether oxygens (including phenoxy) is 2. The van der Waals surface area contributed by atoms with Crippen molar-refractivity contribution in [3.63, 3.8) is 0 Å². The van der Waals surface area contributed by atoms with E-state index in [1.165, 1.54) is 43.4 Å². The zero-order chi connectivity index (χ0) is 21.8. The summed E-state index contributed by atoms with van der Waals surface area (Å²) in [6.45, 7) is 4.40. The van der Waals surface area contributed by atoms with Crippen LogP contribution in [0.1, 0.15) is 71.6 Å². The van der Waals surface area contributed by atoms with E-state index >= 15 is 0 Å². The van der Waals surface area contributed by atoms with E-state index in [-0.39, 0.29) is 34.9 Å². The summed E-state index contributed by atoms with van der Waals surface area (Å²) in [6.07, 6.45) is 9.67. The van der Waals surface area contributed by atoms with Gasteiger partial charge in [0.1, 0.15) is 0 Å². The number of carbonyl (C=O) groups is 2. The van der Waals surface area contributed by atoms with Crippen molar-refractivity contribution in [2.45, 2.75) is 90.0 Å². The average Bonchev–Trinajstić information content (AvgIpc) is 3.28. The van der Waals surface area contributed by atoms with Gasteiger partial charge in [0.05, 0.1) is 17.6 Å². The molecule has 7 rings (SSSR count). The van der Waals surface area contributed by atoms with Gasteiger partial charge in [-0.2, -0.15) is 0 Å². The van der Waals surface area contributed by atoms with Crippen molar-refractivity contribution in [1.29, 1.82) is 0 Å². The lowest BCUT2D eigenvalue weighted by molar-refractivity contribution is -0.166. The highest BCUT2D eigenvalue weighted by Gasteiger charge is 2.71. The lowest BCUT2D eigenvalue weighted by Gasteiger charge is -2.59. The van der Waals surface area contributed by atoms with Gasteiger partial charge in [-0.05, 0) is 92.3 Å². The molecule has 6 bridgehead atoms. The van der Waals surface area contributed by atoms with Crippen LogP contribution in [-0.4, -0.2) is 49.4 Å². The fourth-order valence-corrected chi connectivity index (χ4v) is 9.93.